The summed E-state index contributed by atoms with van der Waals surface area (Å²) < 4.78 is 8.47. The smallest absolute Gasteiger partial charge is 0.329 e. The highest BCUT2D eigenvalue weighted by atomic mass is 35.5. The van der Waals surface area contributed by atoms with Gasteiger partial charge in [-0.15, -0.1) is 0 Å². The van der Waals surface area contributed by atoms with Gasteiger partial charge in [-0.3, -0.25) is 14.3 Å². The van der Waals surface area contributed by atoms with Gasteiger partial charge in [0, 0.05) is 18.6 Å². The molecular weight excluding hydrogens is 410 g/mol. The first kappa shape index (κ1) is 21.9. The quantitative estimate of drug-likeness (QED) is 0.473. The summed E-state index contributed by atoms with van der Waals surface area (Å²) in [5.74, 6) is 1.48. The number of anilines is 1. The molecule has 0 aliphatic carbocycles. The van der Waals surface area contributed by atoms with E-state index in [0.29, 0.717) is 29.2 Å². The molecule has 3 rings (SSSR count). The van der Waals surface area contributed by atoms with Crippen molar-refractivity contribution in [1.29, 1.82) is 0 Å². The molecule has 0 aliphatic rings. The normalized spacial score (nSPS) is 12.5. The monoisotopic (exact) mass is 435 g/mol. The number of benzene rings is 1. The van der Waals surface area contributed by atoms with Gasteiger partial charge in [0.1, 0.15) is 18.5 Å². The lowest BCUT2D eigenvalue weighted by molar-refractivity contribution is 0.0938. The summed E-state index contributed by atoms with van der Waals surface area (Å²) in [5.41, 5.74) is -0.628. The van der Waals surface area contributed by atoms with Crippen molar-refractivity contribution in [3.8, 4) is 5.75 Å². The molecule has 0 saturated carbocycles. The van der Waals surface area contributed by atoms with Crippen LogP contribution in [0.5, 0.6) is 5.75 Å². The first-order valence-electron chi connectivity index (χ1n) is 9.76. The average Bonchev–Trinajstić information content (AvgIpc) is 3.04. The van der Waals surface area contributed by atoms with Gasteiger partial charge in [0.15, 0.2) is 11.2 Å². The van der Waals surface area contributed by atoms with Crippen molar-refractivity contribution in [2.75, 3.05) is 18.5 Å². The standard InChI is InChI=1S/C20H26ClN5O4/c1-12(2)8-9-22-19-23-17-16(18(28)24-20(29)25(17)3)26(19)10-14(27)11-30-15-6-4-13(21)5-7-15/h4-7,12,14,27H,8-11H2,1-3H3,(H,22,23)(H,24,28,29)/t14-/m0/s1. The van der Waals surface area contributed by atoms with Crippen LogP contribution >= 0.6 is 11.6 Å². The Morgan fingerprint density at radius 1 is 1.27 bits per heavy atom. The molecular formula is C20H26ClN5O4. The maximum absolute atomic E-state index is 12.5. The molecule has 3 N–H and O–H groups in total. The SMILES string of the molecule is CC(C)CCNc1nc2c(c(=O)[nH]c(=O)n2C)n1C[C@H](O)COc1ccc(Cl)cc1. The molecule has 10 heteroatoms. The van der Waals surface area contributed by atoms with Crippen LogP contribution in [0, 0.1) is 5.92 Å². The van der Waals surface area contributed by atoms with E-state index in [2.05, 4.69) is 29.1 Å². The number of aliphatic hydroxyl groups excluding tert-OH is 1. The Balaban J connectivity index is 1.85. The lowest BCUT2D eigenvalue weighted by Crippen LogP contribution is -2.31. The van der Waals surface area contributed by atoms with Crippen LogP contribution in [0.15, 0.2) is 33.9 Å². The minimum absolute atomic E-state index is 0.0103. The third-order valence-electron chi connectivity index (χ3n) is 4.66. The first-order chi connectivity index (χ1) is 14.3. The summed E-state index contributed by atoms with van der Waals surface area (Å²) in [4.78, 5) is 31.1. The van der Waals surface area contributed by atoms with E-state index in [9.17, 15) is 14.7 Å². The van der Waals surface area contributed by atoms with Crippen LogP contribution in [0.1, 0.15) is 20.3 Å². The topological polar surface area (TPSA) is 114 Å². The van der Waals surface area contributed by atoms with Gasteiger partial charge in [0.2, 0.25) is 5.95 Å². The summed E-state index contributed by atoms with van der Waals surface area (Å²) in [6, 6.07) is 6.81. The Morgan fingerprint density at radius 2 is 1.97 bits per heavy atom. The third-order valence-corrected chi connectivity index (χ3v) is 4.91. The highest BCUT2D eigenvalue weighted by molar-refractivity contribution is 6.30. The van der Waals surface area contributed by atoms with Crippen LogP contribution in [-0.2, 0) is 13.6 Å². The second-order valence-electron chi connectivity index (χ2n) is 7.56. The average molecular weight is 436 g/mol. The highest BCUT2D eigenvalue weighted by Crippen LogP contribution is 2.18. The van der Waals surface area contributed by atoms with Gasteiger partial charge in [0.25, 0.3) is 5.56 Å². The zero-order valence-electron chi connectivity index (χ0n) is 17.2. The van der Waals surface area contributed by atoms with E-state index in [1.54, 1.807) is 28.8 Å². The number of nitrogens with zero attached hydrogens (tertiary/aromatic N) is 3. The predicted molar refractivity (Wildman–Crippen MR) is 116 cm³/mol. The fraction of sp³-hybridized carbons (Fsp3) is 0.450. The Labute approximate surface area is 178 Å². The van der Waals surface area contributed by atoms with Crippen LogP contribution in [-0.4, -0.2) is 43.5 Å². The maximum atomic E-state index is 12.5. The third kappa shape index (κ3) is 5.03. The largest absolute Gasteiger partial charge is 0.491 e. The first-order valence-corrected chi connectivity index (χ1v) is 10.1. The molecule has 162 valence electrons. The van der Waals surface area contributed by atoms with Crippen LogP contribution < -0.4 is 21.3 Å². The van der Waals surface area contributed by atoms with Gasteiger partial charge in [-0.1, -0.05) is 25.4 Å². The van der Waals surface area contributed by atoms with Gasteiger partial charge < -0.3 is 19.7 Å². The van der Waals surface area contributed by atoms with E-state index in [-0.39, 0.29) is 24.3 Å². The van der Waals surface area contributed by atoms with E-state index in [4.69, 9.17) is 16.3 Å². The molecule has 1 atom stereocenters. The number of imidazole rings is 1. The zero-order chi connectivity index (χ0) is 21.8. The number of halogens is 1. The molecule has 0 radical (unpaired) electrons. The molecule has 9 nitrogen and oxygen atoms in total. The van der Waals surface area contributed by atoms with Crippen molar-refractivity contribution in [1.82, 2.24) is 19.1 Å². The molecule has 3 aromatic rings. The van der Waals surface area contributed by atoms with E-state index < -0.39 is 17.4 Å². The molecule has 2 aromatic heterocycles. The molecule has 30 heavy (non-hydrogen) atoms. The number of hydrogen-bond donors (Lipinski definition) is 3. The fourth-order valence-electron chi connectivity index (χ4n) is 3.01. The number of aliphatic hydroxyl groups is 1. The Morgan fingerprint density at radius 3 is 2.63 bits per heavy atom. The summed E-state index contributed by atoms with van der Waals surface area (Å²) >= 11 is 5.86. The molecule has 0 amide bonds. The summed E-state index contributed by atoms with van der Waals surface area (Å²) in [6.45, 7) is 4.93. The molecule has 0 unspecified atom stereocenters. The van der Waals surface area contributed by atoms with E-state index in [1.807, 2.05) is 0 Å². The van der Waals surface area contributed by atoms with Gasteiger partial charge in [-0.2, -0.15) is 4.98 Å². The van der Waals surface area contributed by atoms with Crippen molar-refractivity contribution in [3.63, 3.8) is 0 Å². The number of aromatic amines is 1. The van der Waals surface area contributed by atoms with Crippen LogP contribution in [0.2, 0.25) is 5.02 Å². The molecule has 0 saturated heterocycles. The second-order valence-corrected chi connectivity index (χ2v) is 8.00. The van der Waals surface area contributed by atoms with Gasteiger partial charge >= 0.3 is 5.69 Å². The molecule has 2 heterocycles. The minimum Gasteiger partial charge on any atom is -0.491 e. The van der Waals surface area contributed by atoms with E-state index in [1.165, 1.54) is 11.6 Å². The number of aryl methyl sites for hydroxylation is 1. The van der Waals surface area contributed by atoms with Crippen molar-refractivity contribution >= 4 is 28.7 Å². The van der Waals surface area contributed by atoms with Gasteiger partial charge in [0.05, 0.1) is 6.54 Å². The van der Waals surface area contributed by atoms with Crippen molar-refractivity contribution in [3.05, 3.63) is 50.1 Å². The number of ether oxygens (including phenoxy) is 1. The maximum Gasteiger partial charge on any atom is 0.329 e. The molecule has 0 spiro atoms. The minimum atomic E-state index is -0.916. The zero-order valence-corrected chi connectivity index (χ0v) is 17.9. The lowest BCUT2D eigenvalue weighted by Gasteiger charge is -2.16. The predicted octanol–water partition coefficient (Wildman–Crippen LogP) is 1.97. The number of aromatic nitrogens is 4. The highest BCUT2D eigenvalue weighted by Gasteiger charge is 2.20. The molecule has 1 aromatic carbocycles. The number of H-pyrrole nitrogens is 1. The number of fused-ring (bicyclic) bond motifs is 1. The fourth-order valence-corrected chi connectivity index (χ4v) is 3.13. The Hall–Kier alpha value is -2.78. The molecule has 0 bridgehead atoms. The summed E-state index contributed by atoms with van der Waals surface area (Å²) in [5, 5.41) is 14.3. The van der Waals surface area contributed by atoms with E-state index in [0.717, 1.165) is 6.42 Å². The molecule has 0 fully saturated rings. The van der Waals surface area contributed by atoms with E-state index >= 15 is 0 Å². The molecule has 0 aliphatic heterocycles. The van der Waals surface area contributed by atoms with Crippen molar-refractivity contribution < 1.29 is 9.84 Å². The number of nitrogens with one attached hydrogen (secondary N) is 2. The van der Waals surface area contributed by atoms with Gasteiger partial charge in [-0.25, -0.2) is 4.79 Å². The number of rotatable bonds is 9. The van der Waals surface area contributed by atoms with Crippen LogP contribution in [0.25, 0.3) is 11.2 Å². The van der Waals surface area contributed by atoms with Crippen molar-refractivity contribution in [2.45, 2.75) is 32.9 Å². The van der Waals surface area contributed by atoms with Crippen LogP contribution in [0.3, 0.4) is 0 Å². The van der Waals surface area contributed by atoms with Gasteiger partial charge in [-0.05, 0) is 36.6 Å². The number of hydrogen-bond acceptors (Lipinski definition) is 6. The van der Waals surface area contributed by atoms with Crippen molar-refractivity contribution in [2.24, 2.45) is 13.0 Å². The van der Waals surface area contributed by atoms with Crippen LogP contribution in [0.4, 0.5) is 5.95 Å². The lowest BCUT2D eigenvalue weighted by atomic mass is 10.1. The Kier molecular flexibility index (Phi) is 6.84. The Bertz CT molecular complexity index is 1120. The summed E-state index contributed by atoms with van der Waals surface area (Å²) in [6.07, 6.45) is -0.0128. The second kappa shape index (κ2) is 9.36. The summed E-state index contributed by atoms with van der Waals surface area (Å²) in [7, 11) is 1.54.